The van der Waals surface area contributed by atoms with Crippen molar-refractivity contribution >= 4 is 17.2 Å². The Morgan fingerprint density at radius 2 is 2.11 bits per heavy atom. The van der Waals surface area contributed by atoms with Gasteiger partial charge in [0.25, 0.3) is 5.91 Å². The fourth-order valence-corrected chi connectivity index (χ4v) is 5.59. The number of carbonyl (C=O) groups excluding carboxylic acids is 1. The van der Waals surface area contributed by atoms with Gasteiger partial charge in [-0.2, -0.15) is 21.5 Å². The second-order valence-electron chi connectivity index (χ2n) is 9.64. The van der Waals surface area contributed by atoms with Crippen LogP contribution in [-0.2, 0) is 11.3 Å². The van der Waals surface area contributed by atoms with Gasteiger partial charge in [-0.15, -0.1) is 0 Å². The molecule has 0 atom stereocenters. The number of aromatic amines is 1. The first kappa shape index (κ1) is 22.8. The molecule has 186 valence electrons. The molecule has 6 rings (SSSR count). The summed E-state index contributed by atoms with van der Waals surface area (Å²) in [4.78, 5) is 15.8. The molecular formula is C26H27N5O4S. The number of nitrogens with one attached hydrogen (secondary N) is 1. The highest BCUT2D eigenvalue weighted by Crippen LogP contribution is 2.46. The largest absolute Gasteiger partial charge is 0.496 e. The zero-order chi connectivity index (χ0) is 25.0. The zero-order valence-corrected chi connectivity index (χ0v) is 21.4. The Balaban J connectivity index is 1.56. The van der Waals surface area contributed by atoms with Gasteiger partial charge in [0.05, 0.1) is 43.4 Å². The summed E-state index contributed by atoms with van der Waals surface area (Å²) in [6.45, 7) is 7.76. The topological polar surface area (TPSA) is 94.5 Å². The van der Waals surface area contributed by atoms with Crippen LogP contribution in [0.3, 0.4) is 0 Å². The number of thiophene rings is 1. The van der Waals surface area contributed by atoms with Crippen molar-refractivity contribution < 1.29 is 19.0 Å². The van der Waals surface area contributed by atoms with Crippen LogP contribution in [0.1, 0.15) is 35.6 Å². The van der Waals surface area contributed by atoms with Gasteiger partial charge in [-0.25, -0.2) is 4.68 Å². The highest BCUT2D eigenvalue weighted by Gasteiger charge is 2.39. The SMILES string of the molecule is COc1cc2c(cc1-c1cn[nH]c1C)-c1c(c(C(=O)N3CCOCC3(C)C)nn1-c1ccsc1)CO2. The Morgan fingerprint density at radius 1 is 1.25 bits per heavy atom. The lowest BCUT2D eigenvalue weighted by molar-refractivity contribution is -0.0374. The van der Waals surface area contributed by atoms with Gasteiger partial charge in [0.1, 0.15) is 18.1 Å². The van der Waals surface area contributed by atoms with E-state index in [0.29, 0.717) is 37.0 Å². The molecule has 0 saturated carbocycles. The molecule has 10 heteroatoms. The molecule has 1 aromatic carbocycles. The van der Waals surface area contributed by atoms with Crippen molar-refractivity contribution in [3.63, 3.8) is 0 Å². The molecule has 2 aliphatic heterocycles. The summed E-state index contributed by atoms with van der Waals surface area (Å²) in [5, 5.41) is 16.1. The van der Waals surface area contributed by atoms with Gasteiger partial charge in [0, 0.05) is 45.9 Å². The summed E-state index contributed by atoms with van der Waals surface area (Å²) in [7, 11) is 1.64. The summed E-state index contributed by atoms with van der Waals surface area (Å²) in [5.74, 6) is 1.26. The monoisotopic (exact) mass is 505 g/mol. The molecular weight excluding hydrogens is 478 g/mol. The van der Waals surface area contributed by atoms with Gasteiger partial charge in [-0.05, 0) is 38.3 Å². The number of nitrogens with zero attached hydrogens (tertiary/aromatic N) is 4. The third kappa shape index (κ3) is 3.51. The lowest BCUT2D eigenvalue weighted by Crippen LogP contribution is -2.55. The second-order valence-corrected chi connectivity index (χ2v) is 10.4. The maximum Gasteiger partial charge on any atom is 0.275 e. The van der Waals surface area contributed by atoms with Crippen molar-refractivity contribution in [2.75, 3.05) is 26.9 Å². The van der Waals surface area contributed by atoms with E-state index in [2.05, 4.69) is 10.2 Å². The first-order valence-corrected chi connectivity index (χ1v) is 12.7. The Hall–Kier alpha value is -3.63. The number of aromatic nitrogens is 4. The van der Waals surface area contributed by atoms with Gasteiger partial charge in [0.15, 0.2) is 5.69 Å². The van der Waals surface area contributed by atoms with Crippen LogP contribution in [0.4, 0.5) is 0 Å². The number of carbonyl (C=O) groups is 1. The number of hydrogen-bond acceptors (Lipinski definition) is 7. The standard InChI is InChI=1S/C26H27N5O4S/c1-15-19(11-27-28-15)17-9-18-22(10-21(17)33-4)35-12-20-23(25(32)30-6-7-34-14-26(30,2)3)29-31(24(18)20)16-5-8-36-13-16/h5,8-11,13H,6-7,12,14H2,1-4H3,(H,27,28). The van der Waals surface area contributed by atoms with Crippen LogP contribution < -0.4 is 9.47 Å². The van der Waals surface area contributed by atoms with Crippen molar-refractivity contribution in [3.8, 4) is 39.6 Å². The van der Waals surface area contributed by atoms with Crippen molar-refractivity contribution in [2.45, 2.75) is 32.9 Å². The van der Waals surface area contributed by atoms with E-state index in [1.165, 1.54) is 0 Å². The highest BCUT2D eigenvalue weighted by atomic mass is 32.1. The molecule has 0 radical (unpaired) electrons. The number of rotatable bonds is 4. The highest BCUT2D eigenvalue weighted by molar-refractivity contribution is 7.08. The molecule has 36 heavy (non-hydrogen) atoms. The summed E-state index contributed by atoms with van der Waals surface area (Å²) in [5.41, 5.74) is 6.13. The summed E-state index contributed by atoms with van der Waals surface area (Å²) in [6.07, 6.45) is 1.79. The van der Waals surface area contributed by atoms with Crippen molar-refractivity contribution in [3.05, 3.63) is 52.1 Å². The van der Waals surface area contributed by atoms with Gasteiger partial charge in [0.2, 0.25) is 0 Å². The number of benzene rings is 1. The van der Waals surface area contributed by atoms with Crippen LogP contribution in [0.25, 0.3) is 28.1 Å². The van der Waals surface area contributed by atoms with Crippen molar-refractivity contribution in [1.29, 1.82) is 0 Å². The number of hydrogen-bond donors (Lipinski definition) is 1. The minimum atomic E-state index is -0.429. The van der Waals surface area contributed by atoms with Gasteiger partial charge in [-0.1, -0.05) is 0 Å². The molecule has 1 N–H and O–H groups in total. The first-order chi connectivity index (χ1) is 17.4. The second kappa shape index (κ2) is 8.49. The number of morpholine rings is 1. The third-order valence-electron chi connectivity index (χ3n) is 6.88. The molecule has 9 nitrogen and oxygen atoms in total. The molecule has 3 aromatic heterocycles. The Labute approximate surface area is 212 Å². The van der Waals surface area contributed by atoms with Crippen molar-refractivity contribution in [2.24, 2.45) is 0 Å². The number of aryl methyl sites for hydroxylation is 1. The summed E-state index contributed by atoms with van der Waals surface area (Å²) >= 11 is 1.58. The smallest absolute Gasteiger partial charge is 0.275 e. The summed E-state index contributed by atoms with van der Waals surface area (Å²) in [6, 6.07) is 5.95. The fourth-order valence-electron chi connectivity index (χ4n) is 4.98. The molecule has 5 heterocycles. The number of ether oxygens (including phenoxy) is 3. The molecule has 4 aromatic rings. The maximum atomic E-state index is 13.9. The van der Waals surface area contributed by atoms with Gasteiger partial charge in [-0.3, -0.25) is 9.89 Å². The van der Waals surface area contributed by atoms with Crippen LogP contribution >= 0.6 is 11.3 Å². The predicted octanol–water partition coefficient (Wildman–Crippen LogP) is 4.45. The number of H-pyrrole nitrogens is 1. The molecule has 1 amide bonds. The van der Waals surface area contributed by atoms with E-state index in [-0.39, 0.29) is 12.5 Å². The van der Waals surface area contributed by atoms with Crippen LogP contribution in [0, 0.1) is 6.92 Å². The molecule has 0 unspecified atom stereocenters. The minimum Gasteiger partial charge on any atom is -0.496 e. The lowest BCUT2D eigenvalue weighted by Gasteiger charge is -2.41. The quantitative estimate of drug-likeness (QED) is 0.440. The van der Waals surface area contributed by atoms with Crippen LogP contribution in [0.5, 0.6) is 11.5 Å². The molecule has 0 aliphatic carbocycles. The van der Waals surface area contributed by atoms with Crippen molar-refractivity contribution in [1.82, 2.24) is 24.9 Å². The average Bonchev–Trinajstić information content (AvgIpc) is 3.62. The molecule has 0 bridgehead atoms. The maximum absolute atomic E-state index is 13.9. The van der Waals surface area contributed by atoms with E-state index in [1.807, 2.05) is 59.3 Å². The zero-order valence-electron chi connectivity index (χ0n) is 20.6. The van der Waals surface area contributed by atoms with Gasteiger partial charge < -0.3 is 19.1 Å². The minimum absolute atomic E-state index is 0.111. The van der Waals surface area contributed by atoms with E-state index >= 15 is 0 Å². The van der Waals surface area contributed by atoms with E-state index in [9.17, 15) is 4.79 Å². The van der Waals surface area contributed by atoms with E-state index in [1.54, 1.807) is 24.6 Å². The Morgan fingerprint density at radius 3 is 2.81 bits per heavy atom. The Bertz CT molecular complexity index is 1450. The van der Waals surface area contributed by atoms with Gasteiger partial charge >= 0.3 is 0 Å². The van der Waals surface area contributed by atoms with Crippen LogP contribution in [0.2, 0.25) is 0 Å². The molecule has 1 fully saturated rings. The normalized spacial score (nSPS) is 16.3. The Kier molecular flexibility index (Phi) is 5.38. The van der Waals surface area contributed by atoms with Crippen LogP contribution in [0.15, 0.2) is 35.2 Å². The van der Waals surface area contributed by atoms with E-state index in [4.69, 9.17) is 19.3 Å². The lowest BCUT2D eigenvalue weighted by atomic mass is 9.95. The predicted molar refractivity (Wildman–Crippen MR) is 136 cm³/mol. The number of amides is 1. The summed E-state index contributed by atoms with van der Waals surface area (Å²) < 4.78 is 19.4. The fraction of sp³-hybridized carbons (Fsp3) is 0.346. The molecule has 1 saturated heterocycles. The molecule has 0 spiro atoms. The van der Waals surface area contributed by atoms with Crippen LogP contribution in [-0.4, -0.2) is 63.2 Å². The number of fused-ring (bicyclic) bond motifs is 3. The number of methoxy groups -OCH3 is 1. The van der Waals surface area contributed by atoms with E-state index < -0.39 is 5.54 Å². The average molecular weight is 506 g/mol. The first-order valence-electron chi connectivity index (χ1n) is 11.8. The van der Waals surface area contributed by atoms with E-state index in [0.717, 1.165) is 39.3 Å². The molecule has 2 aliphatic rings. The third-order valence-corrected chi connectivity index (χ3v) is 7.55.